The van der Waals surface area contributed by atoms with Crippen LogP contribution in [0.3, 0.4) is 0 Å². The molecule has 2 atom stereocenters. The van der Waals surface area contributed by atoms with Crippen LogP contribution in [0.4, 0.5) is 10.8 Å². The molecule has 0 saturated heterocycles. The third-order valence-electron chi connectivity index (χ3n) is 3.00. The van der Waals surface area contributed by atoms with Gasteiger partial charge >= 0.3 is 0 Å². The molecule has 0 aliphatic heterocycles. The molecule has 1 aliphatic rings. The van der Waals surface area contributed by atoms with Gasteiger partial charge in [-0.2, -0.15) is 4.37 Å². The van der Waals surface area contributed by atoms with Crippen molar-refractivity contribution in [3.8, 4) is 0 Å². The number of nitrogens with zero attached hydrogens (tertiary/aromatic N) is 1. The van der Waals surface area contributed by atoms with Gasteiger partial charge in [-0.25, -0.2) is 0 Å². The van der Waals surface area contributed by atoms with E-state index in [9.17, 15) is 0 Å². The van der Waals surface area contributed by atoms with Crippen molar-refractivity contribution in [3.05, 3.63) is 6.07 Å². The van der Waals surface area contributed by atoms with Crippen molar-refractivity contribution in [1.82, 2.24) is 4.37 Å². The highest BCUT2D eigenvalue weighted by Gasteiger charge is 2.48. The van der Waals surface area contributed by atoms with Crippen LogP contribution < -0.4 is 11.1 Å². The van der Waals surface area contributed by atoms with Crippen LogP contribution in [0, 0.1) is 5.41 Å². The van der Waals surface area contributed by atoms with Gasteiger partial charge in [0, 0.05) is 12.1 Å². The zero-order valence-corrected chi connectivity index (χ0v) is 8.82. The van der Waals surface area contributed by atoms with Gasteiger partial charge in [-0.15, -0.1) is 0 Å². The molecule has 0 aromatic carbocycles. The Morgan fingerprint density at radius 3 is 3.08 bits per heavy atom. The zero-order valence-electron chi connectivity index (χ0n) is 8.00. The summed E-state index contributed by atoms with van der Waals surface area (Å²) in [5.41, 5.74) is 6.03. The van der Waals surface area contributed by atoms with Crippen molar-refractivity contribution in [2.75, 3.05) is 11.1 Å². The van der Waals surface area contributed by atoms with Gasteiger partial charge in [0.1, 0.15) is 10.8 Å². The summed E-state index contributed by atoms with van der Waals surface area (Å²) < 4.78 is 4.03. The Morgan fingerprint density at radius 2 is 2.62 bits per heavy atom. The Balaban J connectivity index is 1.94. The highest BCUT2D eigenvalue weighted by Crippen LogP contribution is 2.50. The monoisotopic (exact) mass is 197 g/mol. The number of aromatic nitrogens is 1. The molecular formula is C9H15N3S. The van der Waals surface area contributed by atoms with Gasteiger partial charge in [0.2, 0.25) is 0 Å². The number of nitrogens with one attached hydrogen (secondary N) is 1. The summed E-state index contributed by atoms with van der Waals surface area (Å²) in [4.78, 5) is 0. The second-order valence-corrected chi connectivity index (χ2v) is 4.83. The Bertz CT molecular complexity index is 310. The van der Waals surface area contributed by atoms with Gasteiger partial charge in [0.15, 0.2) is 0 Å². The van der Waals surface area contributed by atoms with E-state index in [1.54, 1.807) is 0 Å². The lowest BCUT2D eigenvalue weighted by atomic mass is 10.1. The molecule has 4 heteroatoms. The van der Waals surface area contributed by atoms with Crippen molar-refractivity contribution >= 4 is 22.4 Å². The van der Waals surface area contributed by atoms with Crippen LogP contribution in [0.2, 0.25) is 0 Å². The molecule has 1 fully saturated rings. The highest BCUT2D eigenvalue weighted by molar-refractivity contribution is 7.10. The van der Waals surface area contributed by atoms with Gasteiger partial charge < -0.3 is 11.1 Å². The first-order chi connectivity index (χ1) is 6.14. The van der Waals surface area contributed by atoms with Gasteiger partial charge in [-0.3, -0.25) is 0 Å². The molecule has 2 rings (SSSR count). The average molecular weight is 197 g/mol. The van der Waals surface area contributed by atoms with E-state index in [1.165, 1.54) is 24.4 Å². The van der Waals surface area contributed by atoms with Crippen LogP contribution in [0.15, 0.2) is 6.07 Å². The summed E-state index contributed by atoms with van der Waals surface area (Å²) >= 11 is 1.44. The normalized spacial score (nSPS) is 31.7. The molecule has 72 valence electrons. The second kappa shape index (κ2) is 2.87. The summed E-state index contributed by atoms with van der Waals surface area (Å²) in [6.45, 7) is 4.55. The van der Waals surface area contributed by atoms with Crippen LogP contribution in [0.1, 0.15) is 26.7 Å². The molecule has 1 aromatic rings. The Hall–Kier alpha value is -0.770. The van der Waals surface area contributed by atoms with Gasteiger partial charge in [0.05, 0.1) is 0 Å². The maximum atomic E-state index is 5.53. The quantitative estimate of drug-likeness (QED) is 0.782. The lowest BCUT2D eigenvalue weighted by Gasteiger charge is -2.07. The van der Waals surface area contributed by atoms with Crippen LogP contribution in [-0.2, 0) is 0 Å². The van der Waals surface area contributed by atoms with Crippen molar-refractivity contribution in [2.24, 2.45) is 5.41 Å². The predicted octanol–water partition coefficient (Wildman–Crippen LogP) is 2.33. The molecule has 0 radical (unpaired) electrons. The fourth-order valence-electron chi connectivity index (χ4n) is 1.55. The SMILES string of the molecule is CCC1(C)CC1Nc1cc(N)ns1. The van der Waals surface area contributed by atoms with Crippen molar-refractivity contribution < 1.29 is 0 Å². The lowest BCUT2D eigenvalue weighted by Crippen LogP contribution is -2.09. The maximum Gasteiger partial charge on any atom is 0.139 e. The van der Waals surface area contributed by atoms with Crippen molar-refractivity contribution in [2.45, 2.75) is 32.7 Å². The molecule has 0 amide bonds. The minimum absolute atomic E-state index is 0.499. The lowest BCUT2D eigenvalue weighted by molar-refractivity contribution is 0.536. The Morgan fingerprint density at radius 1 is 1.85 bits per heavy atom. The van der Waals surface area contributed by atoms with Crippen LogP contribution in [0.25, 0.3) is 0 Å². The van der Waals surface area contributed by atoms with E-state index in [0.29, 0.717) is 17.3 Å². The first-order valence-corrected chi connectivity index (χ1v) is 5.40. The highest BCUT2D eigenvalue weighted by atomic mass is 32.1. The predicted molar refractivity (Wildman–Crippen MR) is 57.0 cm³/mol. The summed E-state index contributed by atoms with van der Waals surface area (Å²) in [6, 6.07) is 2.52. The van der Waals surface area contributed by atoms with Crippen molar-refractivity contribution in [1.29, 1.82) is 0 Å². The summed E-state index contributed by atoms with van der Waals surface area (Å²) in [6.07, 6.45) is 2.50. The number of nitrogens with two attached hydrogens (primary N) is 1. The number of rotatable bonds is 3. The summed E-state index contributed by atoms with van der Waals surface area (Å²) in [7, 11) is 0. The molecule has 0 bridgehead atoms. The molecule has 1 saturated carbocycles. The molecule has 3 N–H and O–H groups in total. The fourth-order valence-corrected chi connectivity index (χ4v) is 2.18. The van der Waals surface area contributed by atoms with E-state index < -0.39 is 0 Å². The largest absolute Gasteiger partial charge is 0.383 e. The molecule has 1 heterocycles. The molecule has 1 aromatic heterocycles. The van der Waals surface area contributed by atoms with Crippen LogP contribution >= 0.6 is 11.5 Å². The molecule has 1 aliphatic carbocycles. The van der Waals surface area contributed by atoms with E-state index in [4.69, 9.17) is 5.73 Å². The van der Waals surface area contributed by atoms with Crippen molar-refractivity contribution in [3.63, 3.8) is 0 Å². The second-order valence-electron chi connectivity index (χ2n) is 4.02. The smallest absolute Gasteiger partial charge is 0.139 e. The first kappa shape index (κ1) is 8.81. The van der Waals surface area contributed by atoms with E-state index in [1.807, 2.05) is 6.07 Å². The number of anilines is 2. The summed E-state index contributed by atoms with van der Waals surface area (Å²) in [5, 5.41) is 4.55. The molecule has 2 unspecified atom stereocenters. The Labute approximate surface area is 82.5 Å². The number of hydrogen-bond acceptors (Lipinski definition) is 4. The third-order valence-corrected chi connectivity index (χ3v) is 3.74. The topological polar surface area (TPSA) is 50.9 Å². The fraction of sp³-hybridized carbons (Fsp3) is 0.667. The standard InChI is InChI=1S/C9H15N3S/c1-3-9(2)5-6(9)11-8-4-7(10)12-13-8/h4,6,11H,3,5H2,1-2H3,(H2,10,12). The summed E-state index contributed by atoms with van der Waals surface area (Å²) in [5.74, 6) is 0.617. The van der Waals surface area contributed by atoms with Crippen LogP contribution in [-0.4, -0.2) is 10.4 Å². The average Bonchev–Trinajstić information content (AvgIpc) is 2.53. The minimum atomic E-state index is 0.499. The van der Waals surface area contributed by atoms with E-state index in [-0.39, 0.29) is 0 Å². The van der Waals surface area contributed by atoms with E-state index in [2.05, 4.69) is 23.5 Å². The zero-order chi connectivity index (χ0) is 9.47. The van der Waals surface area contributed by atoms with E-state index >= 15 is 0 Å². The minimum Gasteiger partial charge on any atom is -0.383 e. The van der Waals surface area contributed by atoms with Crippen LogP contribution in [0.5, 0.6) is 0 Å². The molecule has 0 spiro atoms. The molecule has 3 nitrogen and oxygen atoms in total. The maximum absolute atomic E-state index is 5.53. The van der Waals surface area contributed by atoms with Gasteiger partial charge in [-0.1, -0.05) is 13.8 Å². The van der Waals surface area contributed by atoms with E-state index in [0.717, 1.165) is 5.00 Å². The molecule has 13 heavy (non-hydrogen) atoms. The van der Waals surface area contributed by atoms with Gasteiger partial charge in [-0.05, 0) is 29.8 Å². The first-order valence-electron chi connectivity index (χ1n) is 4.63. The number of nitrogen functional groups attached to an aromatic ring is 1. The molecular weight excluding hydrogens is 182 g/mol. The third kappa shape index (κ3) is 1.63. The Kier molecular flexibility index (Phi) is 1.95. The number of hydrogen-bond donors (Lipinski definition) is 2. The van der Waals surface area contributed by atoms with Gasteiger partial charge in [0.25, 0.3) is 0 Å².